The lowest BCUT2D eigenvalue weighted by molar-refractivity contribution is 1.02. The second-order valence-electron chi connectivity index (χ2n) is 16.2. The molecule has 13 aromatic rings. The quantitative estimate of drug-likeness (QED) is 0.149. The molecule has 0 unspecified atom stereocenters. The molecule has 0 saturated carbocycles. The molecule has 7 nitrogen and oxygen atoms in total. The monoisotopic (exact) mass is 829 g/mol. The van der Waals surface area contributed by atoms with Gasteiger partial charge in [-0.05, 0) is 57.3 Å². The molecule has 7 heteroatoms. The van der Waals surface area contributed by atoms with E-state index in [2.05, 4.69) is 138 Å². The third-order valence-corrected chi connectivity index (χ3v) is 12.4. The average Bonchev–Trinajstić information content (AvgIpc) is 3.73. The van der Waals surface area contributed by atoms with Gasteiger partial charge in [0.25, 0.3) is 0 Å². The molecule has 4 heterocycles. The van der Waals surface area contributed by atoms with Crippen LogP contribution in [0.15, 0.2) is 212 Å². The molecule has 0 spiro atoms. The van der Waals surface area contributed by atoms with Crippen molar-refractivity contribution >= 4 is 54.4 Å². The Morgan fingerprint density at radius 1 is 0.292 bits per heavy atom. The fourth-order valence-corrected chi connectivity index (χ4v) is 9.51. The molecule has 0 fully saturated rings. The number of rotatable bonds is 7. The molecule has 4 aromatic heterocycles. The topological polar surface area (TPSA) is 82.3 Å². The number of hydrogen-bond acceptors (Lipinski definition) is 6. The molecule has 0 aliphatic carbocycles. The number of para-hydroxylation sites is 2. The normalized spacial score (nSPS) is 11.7. The van der Waals surface area contributed by atoms with E-state index in [4.69, 9.17) is 29.9 Å². The predicted octanol–water partition coefficient (Wildman–Crippen LogP) is 14.1. The smallest absolute Gasteiger partial charge is 0.200 e. The SMILES string of the molecule is c1ccc(-c2nc(-c3cc(-n4c5ccc(-c6ccccc6)c6ccc7c(-c8ccccc8)ccc4c7c65)nc(-c4nc(-c5ccccc5)c5ccccc5n4)n3)nc3ccccc23)cc1. The first kappa shape index (κ1) is 36.7. The fraction of sp³-hybridized carbons (Fsp3) is 0. The van der Waals surface area contributed by atoms with Crippen molar-refractivity contribution in [1.82, 2.24) is 34.5 Å². The summed E-state index contributed by atoms with van der Waals surface area (Å²) in [6, 6.07) is 73.5. The number of aromatic nitrogens is 7. The zero-order chi connectivity index (χ0) is 42.8. The van der Waals surface area contributed by atoms with Gasteiger partial charge in [-0.3, -0.25) is 4.57 Å². The minimum atomic E-state index is 0.365. The van der Waals surface area contributed by atoms with Crippen molar-refractivity contribution in [2.45, 2.75) is 0 Å². The highest BCUT2D eigenvalue weighted by molar-refractivity contribution is 6.28. The van der Waals surface area contributed by atoms with Crippen molar-refractivity contribution < 1.29 is 0 Å². The molecule has 0 amide bonds. The average molecular weight is 830 g/mol. The van der Waals surface area contributed by atoms with Gasteiger partial charge in [0.1, 0.15) is 11.5 Å². The second-order valence-corrected chi connectivity index (χ2v) is 16.2. The summed E-state index contributed by atoms with van der Waals surface area (Å²) in [5.41, 5.74) is 12.5. The van der Waals surface area contributed by atoms with Gasteiger partial charge in [-0.2, -0.15) is 0 Å². The van der Waals surface area contributed by atoms with Crippen molar-refractivity contribution in [2.75, 3.05) is 0 Å². The van der Waals surface area contributed by atoms with Gasteiger partial charge in [0, 0.05) is 38.7 Å². The van der Waals surface area contributed by atoms with Crippen LogP contribution < -0.4 is 0 Å². The molecule has 0 aliphatic rings. The number of fused-ring (bicyclic) bond motifs is 2. The number of hydrogen-bond donors (Lipinski definition) is 0. The molecular formula is C58H35N7. The minimum Gasteiger partial charge on any atom is -0.294 e. The van der Waals surface area contributed by atoms with E-state index in [9.17, 15) is 0 Å². The van der Waals surface area contributed by atoms with Crippen molar-refractivity contribution in [3.63, 3.8) is 0 Å². The summed E-state index contributed by atoms with van der Waals surface area (Å²) in [5, 5.41) is 6.57. The molecule has 65 heavy (non-hydrogen) atoms. The Balaban J connectivity index is 1.13. The summed E-state index contributed by atoms with van der Waals surface area (Å²) in [6.45, 7) is 0. The zero-order valence-corrected chi connectivity index (χ0v) is 34.8. The summed E-state index contributed by atoms with van der Waals surface area (Å²) in [4.78, 5) is 31.7. The summed E-state index contributed by atoms with van der Waals surface area (Å²) < 4.78 is 2.27. The Bertz CT molecular complexity index is 3670. The third kappa shape index (κ3) is 6.05. The maximum absolute atomic E-state index is 5.45. The van der Waals surface area contributed by atoms with Crippen LogP contribution in [0.2, 0.25) is 0 Å². The van der Waals surface area contributed by atoms with E-state index < -0.39 is 0 Å². The first-order valence-electron chi connectivity index (χ1n) is 21.7. The highest BCUT2D eigenvalue weighted by Gasteiger charge is 2.24. The van der Waals surface area contributed by atoms with Crippen LogP contribution in [-0.2, 0) is 0 Å². The standard InChI is InChI=1S/C58H35N7/c1-5-17-36(18-6-1)40-31-33-49-52-42(40)29-30-43-41(37-19-7-2-8-20-37)32-34-50(53(43)52)65(49)51-35-48(56-59-46-27-15-13-25-44(46)54(63-56)38-21-9-3-10-22-38)61-57(62-51)58-60-47-28-16-14-26-45(47)55(64-58)39-23-11-4-12-24-39/h1-35H. The molecule has 0 radical (unpaired) electrons. The van der Waals surface area contributed by atoms with Gasteiger partial charge in [0.2, 0.25) is 0 Å². The number of benzene rings is 9. The molecule has 9 aromatic carbocycles. The van der Waals surface area contributed by atoms with E-state index in [1.807, 2.05) is 78.9 Å². The predicted molar refractivity (Wildman–Crippen MR) is 264 cm³/mol. The molecule has 0 aliphatic heterocycles. The molecule has 13 rings (SSSR count). The lowest BCUT2D eigenvalue weighted by Crippen LogP contribution is -2.06. The zero-order valence-electron chi connectivity index (χ0n) is 34.8. The molecule has 0 bridgehead atoms. The summed E-state index contributed by atoms with van der Waals surface area (Å²) in [5.74, 6) is 1.89. The van der Waals surface area contributed by atoms with Gasteiger partial charge >= 0.3 is 0 Å². The van der Waals surface area contributed by atoms with Crippen molar-refractivity contribution in [3.8, 4) is 73.8 Å². The third-order valence-electron chi connectivity index (χ3n) is 12.4. The van der Waals surface area contributed by atoms with Crippen LogP contribution >= 0.6 is 0 Å². The van der Waals surface area contributed by atoms with Gasteiger partial charge < -0.3 is 0 Å². The van der Waals surface area contributed by atoms with E-state index >= 15 is 0 Å². The van der Waals surface area contributed by atoms with Gasteiger partial charge in [0.05, 0.1) is 33.5 Å². The van der Waals surface area contributed by atoms with E-state index in [0.717, 1.165) is 66.5 Å². The first-order valence-corrected chi connectivity index (χ1v) is 21.7. The van der Waals surface area contributed by atoms with Crippen LogP contribution in [0.5, 0.6) is 0 Å². The second kappa shape index (κ2) is 14.9. The lowest BCUT2D eigenvalue weighted by atomic mass is 9.91. The van der Waals surface area contributed by atoms with Crippen LogP contribution in [0.3, 0.4) is 0 Å². The largest absolute Gasteiger partial charge is 0.294 e. The van der Waals surface area contributed by atoms with Gasteiger partial charge in [0.15, 0.2) is 17.5 Å². The van der Waals surface area contributed by atoms with Gasteiger partial charge in [-0.25, -0.2) is 29.9 Å². The molecule has 0 N–H and O–H groups in total. The van der Waals surface area contributed by atoms with Crippen LogP contribution in [-0.4, -0.2) is 34.5 Å². The number of nitrogens with zero attached hydrogens (tertiary/aromatic N) is 7. The maximum atomic E-state index is 5.45. The van der Waals surface area contributed by atoms with Crippen LogP contribution in [0.4, 0.5) is 0 Å². The molecule has 302 valence electrons. The minimum absolute atomic E-state index is 0.365. The maximum Gasteiger partial charge on any atom is 0.200 e. The van der Waals surface area contributed by atoms with Crippen LogP contribution in [0, 0.1) is 0 Å². The Morgan fingerprint density at radius 3 is 1.22 bits per heavy atom. The Kier molecular flexibility index (Phi) is 8.39. The molecular weight excluding hydrogens is 795 g/mol. The van der Waals surface area contributed by atoms with E-state index in [1.165, 1.54) is 32.7 Å². The highest BCUT2D eigenvalue weighted by atomic mass is 15.1. The fourth-order valence-electron chi connectivity index (χ4n) is 9.51. The summed E-state index contributed by atoms with van der Waals surface area (Å²) in [7, 11) is 0. The van der Waals surface area contributed by atoms with Gasteiger partial charge in [-0.15, -0.1) is 0 Å². The van der Waals surface area contributed by atoms with Gasteiger partial charge in [-0.1, -0.05) is 182 Å². The van der Waals surface area contributed by atoms with E-state index in [0.29, 0.717) is 29.0 Å². The van der Waals surface area contributed by atoms with Crippen LogP contribution in [0.25, 0.3) is 128 Å². The lowest BCUT2D eigenvalue weighted by Gasteiger charge is -2.14. The van der Waals surface area contributed by atoms with Crippen molar-refractivity contribution in [1.29, 1.82) is 0 Å². The van der Waals surface area contributed by atoms with E-state index in [-0.39, 0.29) is 0 Å². The first-order chi connectivity index (χ1) is 32.2. The Labute approximate surface area is 373 Å². The van der Waals surface area contributed by atoms with Crippen molar-refractivity contribution in [2.24, 2.45) is 0 Å². The molecule has 0 atom stereocenters. The van der Waals surface area contributed by atoms with E-state index in [1.54, 1.807) is 0 Å². The van der Waals surface area contributed by atoms with Crippen LogP contribution in [0.1, 0.15) is 0 Å². The molecule has 0 saturated heterocycles. The highest BCUT2D eigenvalue weighted by Crippen LogP contribution is 2.45. The summed E-state index contributed by atoms with van der Waals surface area (Å²) >= 11 is 0. The Morgan fingerprint density at radius 2 is 0.708 bits per heavy atom. The van der Waals surface area contributed by atoms with Crippen molar-refractivity contribution in [3.05, 3.63) is 212 Å². The Hall–Kier alpha value is -8.94. The summed E-state index contributed by atoms with van der Waals surface area (Å²) in [6.07, 6.45) is 0.